The van der Waals surface area contributed by atoms with Crippen molar-refractivity contribution in [1.29, 1.82) is 0 Å². The van der Waals surface area contributed by atoms with Crippen LogP contribution in [0.5, 0.6) is 0 Å². The fourth-order valence-corrected chi connectivity index (χ4v) is 0.926. The molecule has 1 aromatic carbocycles. The normalized spacial score (nSPS) is 10.5. The van der Waals surface area contributed by atoms with Gasteiger partial charge in [0.25, 0.3) is 0 Å². The van der Waals surface area contributed by atoms with Crippen molar-refractivity contribution >= 4 is 11.6 Å². The van der Waals surface area contributed by atoms with Crippen molar-refractivity contribution in [3.63, 3.8) is 0 Å². The van der Waals surface area contributed by atoms with E-state index in [1.54, 1.807) is 6.92 Å². The van der Waals surface area contributed by atoms with Crippen LogP contribution < -0.4 is 5.32 Å². The fraction of sp³-hybridized carbons (Fsp3) is 0.100. The highest BCUT2D eigenvalue weighted by molar-refractivity contribution is 5.99. The number of rotatable bonds is 2. The third-order valence-corrected chi connectivity index (χ3v) is 1.53. The number of hydrogen-bond donors (Lipinski definition) is 1. The molecule has 0 saturated carbocycles. The average molecular weight is 197 g/mol. The third kappa shape index (κ3) is 2.39. The molecule has 74 valence electrons. The molecule has 0 spiro atoms. The molecule has 0 unspecified atom stereocenters. The van der Waals surface area contributed by atoms with Crippen LogP contribution in [0.4, 0.5) is 14.5 Å². The van der Waals surface area contributed by atoms with E-state index in [-0.39, 0.29) is 5.69 Å². The summed E-state index contributed by atoms with van der Waals surface area (Å²) in [5.74, 6) is -2.52. The van der Waals surface area contributed by atoms with Crippen molar-refractivity contribution in [3.8, 4) is 0 Å². The van der Waals surface area contributed by atoms with Gasteiger partial charge in [-0.15, -0.1) is 0 Å². The minimum atomic E-state index is -1.05. The van der Waals surface area contributed by atoms with Crippen molar-refractivity contribution in [2.75, 3.05) is 5.32 Å². The summed E-state index contributed by atoms with van der Waals surface area (Å²) in [4.78, 5) is 11.0. The summed E-state index contributed by atoms with van der Waals surface area (Å²) in [6, 6.07) is 3.60. The van der Waals surface area contributed by atoms with Crippen LogP contribution in [0.25, 0.3) is 0 Å². The number of nitrogens with one attached hydrogen (secondary N) is 1. The number of allylic oxidation sites excluding steroid dienone is 1. The van der Waals surface area contributed by atoms with Gasteiger partial charge in [-0.05, 0) is 25.1 Å². The molecule has 1 rings (SSSR count). The van der Waals surface area contributed by atoms with Gasteiger partial charge in [-0.1, -0.05) is 12.1 Å². The topological polar surface area (TPSA) is 29.1 Å². The molecule has 0 atom stereocenters. The molecule has 0 aromatic heterocycles. The van der Waals surface area contributed by atoms with Crippen molar-refractivity contribution in [2.24, 2.45) is 0 Å². The highest BCUT2D eigenvalue weighted by Gasteiger charge is 2.08. The number of hydrogen-bond acceptors (Lipinski definition) is 1. The molecule has 4 heteroatoms. The maximum absolute atomic E-state index is 13.0. The first-order chi connectivity index (χ1) is 6.65. The van der Waals surface area contributed by atoms with Crippen molar-refractivity contribution in [3.05, 3.63) is 42.0 Å². The highest BCUT2D eigenvalue weighted by atomic mass is 19.2. The Hall–Kier alpha value is -1.71. The van der Waals surface area contributed by atoms with Crippen LogP contribution in [0, 0.1) is 11.6 Å². The van der Waals surface area contributed by atoms with Crippen molar-refractivity contribution in [2.45, 2.75) is 6.92 Å². The highest BCUT2D eigenvalue weighted by Crippen LogP contribution is 2.16. The summed E-state index contributed by atoms with van der Waals surface area (Å²) in [6.45, 7) is 1.65. The van der Waals surface area contributed by atoms with Crippen LogP contribution in [-0.4, -0.2) is 5.91 Å². The molecule has 0 aliphatic rings. The first kappa shape index (κ1) is 10.4. The number of anilines is 1. The minimum Gasteiger partial charge on any atom is -0.320 e. The minimum absolute atomic E-state index is 0.159. The van der Waals surface area contributed by atoms with Gasteiger partial charge < -0.3 is 5.32 Å². The number of amides is 1. The molecule has 0 bridgehead atoms. The number of halogens is 2. The Balaban J connectivity index is 2.87. The second kappa shape index (κ2) is 4.50. The van der Waals surface area contributed by atoms with E-state index in [4.69, 9.17) is 0 Å². The Bertz CT molecular complexity index is 374. The molecule has 1 amide bonds. The Morgan fingerprint density at radius 3 is 2.79 bits per heavy atom. The summed E-state index contributed by atoms with van der Waals surface area (Å²) in [5, 5.41) is 2.21. The van der Waals surface area contributed by atoms with E-state index in [0.29, 0.717) is 0 Å². The van der Waals surface area contributed by atoms with E-state index in [2.05, 4.69) is 5.32 Å². The molecule has 0 fully saturated rings. The summed E-state index contributed by atoms with van der Waals surface area (Å²) in [5.41, 5.74) is -0.159. The summed E-state index contributed by atoms with van der Waals surface area (Å²) in [6.07, 6.45) is 2.73. The largest absolute Gasteiger partial charge is 0.320 e. The second-order valence-electron chi connectivity index (χ2n) is 2.59. The average Bonchev–Trinajstić information content (AvgIpc) is 2.13. The van der Waals surface area contributed by atoms with Crippen LogP contribution in [0.15, 0.2) is 30.4 Å². The van der Waals surface area contributed by atoms with E-state index >= 15 is 0 Å². The van der Waals surface area contributed by atoms with E-state index in [1.807, 2.05) is 0 Å². The zero-order valence-electron chi connectivity index (χ0n) is 7.55. The van der Waals surface area contributed by atoms with Gasteiger partial charge in [0, 0.05) is 0 Å². The zero-order valence-corrected chi connectivity index (χ0v) is 7.55. The predicted octanol–water partition coefficient (Wildman–Crippen LogP) is 2.48. The van der Waals surface area contributed by atoms with Gasteiger partial charge in [-0.2, -0.15) is 0 Å². The van der Waals surface area contributed by atoms with E-state index in [1.165, 1.54) is 24.3 Å². The van der Waals surface area contributed by atoms with Gasteiger partial charge in [0.2, 0.25) is 5.91 Å². The van der Waals surface area contributed by atoms with E-state index in [0.717, 1.165) is 6.07 Å². The Morgan fingerprint density at radius 2 is 2.14 bits per heavy atom. The first-order valence-electron chi connectivity index (χ1n) is 4.03. The zero-order chi connectivity index (χ0) is 10.6. The van der Waals surface area contributed by atoms with Crippen molar-refractivity contribution in [1.82, 2.24) is 0 Å². The molecule has 0 radical (unpaired) electrons. The van der Waals surface area contributed by atoms with Crippen molar-refractivity contribution < 1.29 is 13.6 Å². The molecule has 2 nitrogen and oxygen atoms in total. The number of benzene rings is 1. The van der Waals surface area contributed by atoms with Crippen LogP contribution >= 0.6 is 0 Å². The van der Waals surface area contributed by atoms with Crippen LogP contribution in [-0.2, 0) is 4.79 Å². The van der Waals surface area contributed by atoms with Gasteiger partial charge in [-0.3, -0.25) is 4.79 Å². The maximum Gasteiger partial charge on any atom is 0.248 e. The lowest BCUT2D eigenvalue weighted by atomic mass is 10.3. The molecule has 1 N–H and O–H groups in total. The molecule has 0 heterocycles. The number of carbonyl (C=O) groups excluding carboxylic acids is 1. The van der Waals surface area contributed by atoms with Crippen LogP contribution in [0.1, 0.15) is 6.92 Å². The summed E-state index contributed by atoms with van der Waals surface area (Å²) in [7, 11) is 0. The summed E-state index contributed by atoms with van der Waals surface area (Å²) < 4.78 is 25.7. The standard InChI is InChI=1S/C10H9F2NO/c1-2-4-9(14)13-8-6-3-5-7(11)10(8)12/h2-6H,1H3,(H,13,14)/b4-2+. The second-order valence-corrected chi connectivity index (χ2v) is 2.59. The molecule has 1 aromatic rings. The van der Waals surface area contributed by atoms with Gasteiger partial charge in [0.1, 0.15) is 0 Å². The van der Waals surface area contributed by atoms with Gasteiger partial charge in [0.15, 0.2) is 11.6 Å². The first-order valence-corrected chi connectivity index (χ1v) is 4.03. The maximum atomic E-state index is 13.0. The monoisotopic (exact) mass is 197 g/mol. The summed E-state index contributed by atoms with van der Waals surface area (Å²) >= 11 is 0. The Kier molecular flexibility index (Phi) is 3.34. The van der Waals surface area contributed by atoms with E-state index in [9.17, 15) is 13.6 Å². The van der Waals surface area contributed by atoms with Gasteiger partial charge in [-0.25, -0.2) is 8.78 Å². The van der Waals surface area contributed by atoms with Gasteiger partial charge in [0.05, 0.1) is 5.69 Å². The quantitative estimate of drug-likeness (QED) is 0.725. The Morgan fingerprint density at radius 1 is 1.43 bits per heavy atom. The molecule has 14 heavy (non-hydrogen) atoms. The lowest BCUT2D eigenvalue weighted by Gasteiger charge is -2.03. The number of carbonyl (C=O) groups is 1. The van der Waals surface area contributed by atoms with E-state index < -0.39 is 17.5 Å². The lowest BCUT2D eigenvalue weighted by molar-refractivity contribution is -0.111. The predicted molar refractivity (Wildman–Crippen MR) is 49.8 cm³/mol. The third-order valence-electron chi connectivity index (χ3n) is 1.53. The van der Waals surface area contributed by atoms with Crippen LogP contribution in [0.2, 0.25) is 0 Å². The molecule has 0 saturated heterocycles. The fourth-order valence-electron chi connectivity index (χ4n) is 0.926. The molecular formula is C10H9F2NO. The van der Waals surface area contributed by atoms with Gasteiger partial charge >= 0.3 is 0 Å². The SMILES string of the molecule is C/C=C/C(=O)Nc1cccc(F)c1F. The van der Waals surface area contributed by atoms with Crippen LogP contribution in [0.3, 0.4) is 0 Å². The smallest absolute Gasteiger partial charge is 0.248 e. The molecular weight excluding hydrogens is 188 g/mol. The molecule has 0 aliphatic carbocycles. The Labute approximate surface area is 80.2 Å². The molecule has 0 aliphatic heterocycles. The lowest BCUT2D eigenvalue weighted by Crippen LogP contribution is -2.09.